The van der Waals surface area contributed by atoms with Crippen molar-refractivity contribution in [1.29, 1.82) is 0 Å². The molecule has 3 aromatic rings. The van der Waals surface area contributed by atoms with Gasteiger partial charge in [0.25, 0.3) is 0 Å². The SMILES string of the molecule is Cc1csc(-c2ccc(OS(=O)(=O)Cc3ccccc3C)cc2)n1. The van der Waals surface area contributed by atoms with E-state index in [-0.39, 0.29) is 5.75 Å². The first kappa shape index (κ1) is 16.7. The van der Waals surface area contributed by atoms with Crippen LogP contribution in [0.3, 0.4) is 0 Å². The third-order valence-corrected chi connectivity index (χ3v) is 5.66. The predicted molar refractivity (Wildman–Crippen MR) is 96.7 cm³/mol. The molecule has 0 N–H and O–H groups in total. The van der Waals surface area contributed by atoms with E-state index in [1.807, 2.05) is 49.6 Å². The Morgan fingerprint density at radius 1 is 1.04 bits per heavy atom. The Bertz CT molecular complexity index is 944. The Labute approximate surface area is 145 Å². The molecule has 0 radical (unpaired) electrons. The number of nitrogens with zero attached hydrogens (tertiary/aromatic N) is 1. The standard InChI is InChI=1S/C18H17NO3S2/c1-13-5-3-4-6-16(13)12-24(20,21)22-17-9-7-15(8-10-17)18-19-14(2)11-23-18/h3-11H,12H2,1-2H3. The lowest BCUT2D eigenvalue weighted by atomic mass is 10.1. The summed E-state index contributed by atoms with van der Waals surface area (Å²) >= 11 is 1.55. The van der Waals surface area contributed by atoms with Gasteiger partial charge in [-0.1, -0.05) is 24.3 Å². The molecule has 0 saturated heterocycles. The molecule has 0 aliphatic heterocycles. The van der Waals surface area contributed by atoms with Gasteiger partial charge in [0.1, 0.15) is 16.5 Å². The number of hydrogen-bond acceptors (Lipinski definition) is 5. The van der Waals surface area contributed by atoms with Crippen molar-refractivity contribution in [3.8, 4) is 16.3 Å². The van der Waals surface area contributed by atoms with Gasteiger partial charge in [0.05, 0.1) is 0 Å². The van der Waals surface area contributed by atoms with E-state index in [2.05, 4.69) is 4.98 Å². The van der Waals surface area contributed by atoms with E-state index in [4.69, 9.17) is 4.18 Å². The third-order valence-electron chi connectivity index (χ3n) is 3.54. The third kappa shape index (κ3) is 4.01. The Balaban J connectivity index is 1.74. The van der Waals surface area contributed by atoms with Crippen molar-refractivity contribution in [3.63, 3.8) is 0 Å². The summed E-state index contributed by atoms with van der Waals surface area (Å²) in [6.45, 7) is 3.82. The van der Waals surface area contributed by atoms with Crippen LogP contribution in [0.2, 0.25) is 0 Å². The minimum Gasteiger partial charge on any atom is -0.382 e. The minimum atomic E-state index is -3.70. The molecule has 0 bridgehead atoms. The second-order valence-electron chi connectivity index (χ2n) is 5.53. The van der Waals surface area contributed by atoms with Crippen molar-refractivity contribution in [2.45, 2.75) is 19.6 Å². The van der Waals surface area contributed by atoms with Crippen LogP contribution in [0.25, 0.3) is 10.6 Å². The summed E-state index contributed by atoms with van der Waals surface area (Å²) in [6, 6.07) is 14.3. The zero-order valence-electron chi connectivity index (χ0n) is 13.4. The summed E-state index contributed by atoms with van der Waals surface area (Å²) in [5.74, 6) is 0.160. The van der Waals surface area contributed by atoms with Crippen LogP contribution < -0.4 is 4.18 Å². The fourth-order valence-electron chi connectivity index (χ4n) is 2.28. The molecule has 124 valence electrons. The predicted octanol–water partition coefficient (Wildman–Crippen LogP) is 4.34. The number of thiazole rings is 1. The summed E-state index contributed by atoms with van der Waals surface area (Å²) in [7, 11) is -3.70. The van der Waals surface area contributed by atoms with Gasteiger partial charge in [-0.3, -0.25) is 0 Å². The van der Waals surface area contributed by atoms with E-state index >= 15 is 0 Å². The van der Waals surface area contributed by atoms with E-state index in [0.29, 0.717) is 5.75 Å². The summed E-state index contributed by atoms with van der Waals surface area (Å²) < 4.78 is 29.7. The maximum absolute atomic E-state index is 12.2. The quantitative estimate of drug-likeness (QED) is 0.636. The normalized spacial score (nSPS) is 11.4. The van der Waals surface area contributed by atoms with E-state index in [1.54, 1.807) is 29.5 Å². The van der Waals surface area contributed by atoms with Gasteiger partial charge in [-0.25, -0.2) is 4.98 Å². The van der Waals surface area contributed by atoms with Crippen molar-refractivity contribution in [1.82, 2.24) is 4.98 Å². The lowest BCUT2D eigenvalue weighted by Gasteiger charge is -2.09. The Morgan fingerprint density at radius 2 is 1.75 bits per heavy atom. The summed E-state index contributed by atoms with van der Waals surface area (Å²) in [5, 5.41) is 2.88. The van der Waals surface area contributed by atoms with Crippen LogP contribution in [0.15, 0.2) is 53.9 Å². The average molecular weight is 359 g/mol. The number of hydrogen-bond donors (Lipinski definition) is 0. The smallest absolute Gasteiger partial charge is 0.313 e. The first-order valence-corrected chi connectivity index (χ1v) is 9.88. The molecule has 0 atom stereocenters. The monoisotopic (exact) mass is 359 g/mol. The molecule has 6 heteroatoms. The minimum absolute atomic E-state index is 0.146. The fourth-order valence-corrected chi connectivity index (χ4v) is 4.25. The number of aryl methyl sites for hydroxylation is 2. The van der Waals surface area contributed by atoms with Crippen LogP contribution in [-0.4, -0.2) is 13.4 Å². The van der Waals surface area contributed by atoms with Gasteiger partial charge in [0, 0.05) is 16.6 Å². The summed E-state index contributed by atoms with van der Waals surface area (Å²) in [6.07, 6.45) is 0. The highest BCUT2D eigenvalue weighted by atomic mass is 32.2. The van der Waals surface area contributed by atoms with Crippen LogP contribution in [0, 0.1) is 13.8 Å². The molecule has 0 fully saturated rings. The first-order chi connectivity index (χ1) is 11.4. The zero-order chi connectivity index (χ0) is 17.2. The molecule has 24 heavy (non-hydrogen) atoms. The van der Waals surface area contributed by atoms with Gasteiger partial charge in [0.15, 0.2) is 0 Å². The van der Waals surface area contributed by atoms with Crippen LogP contribution in [0.4, 0.5) is 0 Å². The highest BCUT2D eigenvalue weighted by molar-refractivity contribution is 7.86. The highest BCUT2D eigenvalue weighted by Gasteiger charge is 2.15. The molecule has 1 heterocycles. The summed E-state index contributed by atoms with van der Waals surface area (Å²) in [5.41, 5.74) is 3.58. The lowest BCUT2D eigenvalue weighted by molar-refractivity contribution is 0.485. The van der Waals surface area contributed by atoms with E-state index in [9.17, 15) is 8.42 Å². The van der Waals surface area contributed by atoms with E-state index < -0.39 is 10.1 Å². The number of aromatic nitrogens is 1. The van der Waals surface area contributed by atoms with Gasteiger partial charge < -0.3 is 4.18 Å². The van der Waals surface area contributed by atoms with Crippen molar-refractivity contribution >= 4 is 21.5 Å². The number of benzene rings is 2. The molecule has 0 amide bonds. The molecular formula is C18H17NO3S2. The van der Waals surface area contributed by atoms with Crippen molar-refractivity contribution < 1.29 is 12.6 Å². The highest BCUT2D eigenvalue weighted by Crippen LogP contribution is 2.26. The van der Waals surface area contributed by atoms with Crippen molar-refractivity contribution in [2.24, 2.45) is 0 Å². The summed E-state index contributed by atoms with van der Waals surface area (Å²) in [4.78, 5) is 4.41. The second kappa shape index (κ2) is 6.75. The molecule has 4 nitrogen and oxygen atoms in total. The van der Waals surface area contributed by atoms with E-state index in [0.717, 1.165) is 27.4 Å². The van der Waals surface area contributed by atoms with Gasteiger partial charge in [0.2, 0.25) is 0 Å². The van der Waals surface area contributed by atoms with Gasteiger partial charge in [-0.2, -0.15) is 8.42 Å². The molecule has 0 aliphatic rings. The molecule has 0 spiro atoms. The Morgan fingerprint density at radius 3 is 2.38 bits per heavy atom. The lowest BCUT2D eigenvalue weighted by Crippen LogP contribution is -2.12. The fraction of sp³-hybridized carbons (Fsp3) is 0.167. The second-order valence-corrected chi connectivity index (χ2v) is 7.96. The van der Waals surface area contributed by atoms with Gasteiger partial charge in [-0.15, -0.1) is 11.3 Å². The maximum atomic E-state index is 12.2. The van der Waals surface area contributed by atoms with Crippen LogP contribution in [-0.2, 0) is 15.9 Å². The van der Waals surface area contributed by atoms with Crippen LogP contribution >= 0.6 is 11.3 Å². The van der Waals surface area contributed by atoms with Crippen molar-refractivity contribution in [3.05, 3.63) is 70.7 Å². The Kier molecular flexibility index (Phi) is 4.69. The zero-order valence-corrected chi connectivity index (χ0v) is 15.0. The van der Waals surface area contributed by atoms with Gasteiger partial charge >= 0.3 is 10.1 Å². The molecular weight excluding hydrogens is 342 g/mol. The number of rotatable bonds is 5. The van der Waals surface area contributed by atoms with Crippen LogP contribution in [0.5, 0.6) is 5.75 Å². The largest absolute Gasteiger partial charge is 0.382 e. The van der Waals surface area contributed by atoms with Gasteiger partial charge in [-0.05, 0) is 49.2 Å². The van der Waals surface area contributed by atoms with E-state index in [1.165, 1.54) is 0 Å². The van der Waals surface area contributed by atoms with Crippen LogP contribution in [0.1, 0.15) is 16.8 Å². The molecule has 2 aromatic carbocycles. The van der Waals surface area contributed by atoms with Crippen molar-refractivity contribution in [2.75, 3.05) is 0 Å². The maximum Gasteiger partial charge on any atom is 0.313 e. The average Bonchev–Trinajstić information content (AvgIpc) is 2.96. The first-order valence-electron chi connectivity index (χ1n) is 7.42. The Hall–Kier alpha value is -2.18. The molecule has 0 unspecified atom stereocenters. The molecule has 0 saturated carbocycles. The topological polar surface area (TPSA) is 56.3 Å². The molecule has 3 rings (SSSR count). The molecule has 0 aliphatic carbocycles. The molecule has 1 aromatic heterocycles.